The van der Waals surface area contributed by atoms with E-state index in [1.165, 1.54) is 6.92 Å². The number of halogens is 6. The van der Waals surface area contributed by atoms with Crippen molar-refractivity contribution in [3.05, 3.63) is 23.3 Å². The maximum atomic E-state index is 12.9. The molecule has 0 saturated heterocycles. The minimum atomic E-state index is -4.53. The Kier molecular flexibility index (Phi) is 3.70. The largest absolute Gasteiger partial charge is 0.395 e. The van der Waals surface area contributed by atoms with E-state index in [9.17, 15) is 26.3 Å². The van der Waals surface area contributed by atoms with Crippen LogP contribution in [0.25, 0.3) is 0 Å². The van der Waals surface area contributed by atoms with Crippen molar-refractivity contribution < 1.29 is 26.3 Å². The lowest BCUT2D eigenvalue weighted by molar-refractivity contribution is -0.161. The van der Waals surface area contributed by atoms with Gasteiger partial charge in [-0.25, -0.2) is 13.2 Å². The van der Waals surface area contributed by atoms with E-state index in [0.717, 1.165) is 12.2 Å². The van der Waals surface area contributed by atoms with Gasteiger partial charge in [0, 0.05) is 0 Å². The molecule has 0 aromatic rings. The van der Waals surface area contributed by atoms with Crippen LogP contribution in [0.2, 0.25) is 0 Å². The van der Waals surface area contributed by atoms with Crippen LogP contribution < -0.4 is 0 Å². The lowest BCUT2D eigenvalue weighted by Gasteiger charge is -2.24. The van der Waals surface area contributed by atoms with Crippen LogP contribution in [0.5, 0.6) is 0 Å². The molecule has 1 aliphatic carbocycles. The summed E-state index contributed by atoms with van der Waals surface area (Å²) in [5, 5.41) is 0. The van der Waals surface area contributed by atoms with Crippen LogP contribution in [0.3, 0.4) is 0 Å². The first-order valence-corrected chi connectivity index (χ1v) is 4.59. The first-order valence-electron chi connectivity index (χ1n) is 4.59. The third-order valence-electron chi connectivity index (χ3n) is 2.33. The van der Waals surface area contributed by atoms with Crippen molar-refractivity contribution in [1.82, 2.24) is 0 Å². The van der Waals surface area contributed by atoms with E-state index in [1.54, 1.807) is 0 Å². The van der Waals surface area contributed by atoms with E-state index < -0.39 is 36.7 Å². The summed E-state index contributed by atoms with van der Waals surface area (Å²) in [7, 11) is 0. The highest BCUT2D eigenvalue weighted by Gasteiger charge is 2.41. The van der Waals surface area contributed by atoms with Gasteiger partial charge in [0.15, 0.2) is 6.17 Å². The molecule has 0 saturated carbocycles. The van der Waals surface area contributed by atoms with Gasteiger partial charge in [0.2, 0.25) is 0 Å². The van der Waals surface area contributed by atoms with Crippen molar-refractivity contribution in [2.45, 2.75) is 32.1 Å². The van der Waals surface area contributed by atoms with Crippen LogP contribution >= 0.6 is 0 Å². The second-order valence-electron chi connectivity index (χ2n) is 3.72. The van der Waals surface area contributed by atoms with E-state index in [0.29, 0.717) is 0 Å². The third-order valence-corrected chi connectivity index (χ3v) is 2.33. The summed E-state index contributed by atoms with van der Waals surface area (Å²) in [4.78, 5) is 0. The Morgan fingerprint density at radius 3 is 2.25 bits per heavy atom. The molecule has 0 spiro atoms. The van der Waals surface area contributed by atoms with Crippen molar-refractivity contribution in [1.29, 1.82) is 0 Å². The predicted octanol–water partition coefficient (Wildman–Crippen LogP) is 4.04. The van der Waals surface area contributed by atoms with Crippen molar-refractivity contribution in [3.8, 4) is 0 Å². The average Bonchev–Trinajstić information content (AvgIpc) is 2.14. The lowest BCUT2D eigenvalue weighted by Crippen LogP contribution is -2.27. The van der Waals surface area contributed by atoms with Crippen molar-refractivity contribution in [3.63, 3.8) is 0 Å². The van der Waals surface area contributed by atoms with Gasteiger partial charge < -0.3 is 0 Å². The van der Waals surface area contributed by atoms with E-state index in [-0.39, 0.29) is 5.57 Å². The first-order chi connectivity index (χ1) is 7.21. The molecule has 0 aromatic carbocycles. The predicted molar refractivity (Wildman–Crippen MR) is 46.9 cm³/mol. The number of allylic oxidation sites excluding steroid dienone is 4. The molecule has 16 heavy (non-hydrogen) atoms. The van der Waals surface area contributed by atoms with E-state index in [2.05, 4.69) is 0 Å². The average molecular weight is 244 g/mol. The molecule has 2 unspecified atom stereocenters. The van der Waals surface area contributed by atoms with Crippen molar-refractivity contribution in [2.24, 2.45) is 5.92 Å². The van der Waals surface area contributed by atoms with Crippen LogP contribution in [-0.4, -0.2) is 18.8 Å². The van der Waals surface area contributed by atoms with Crippen molar-refractivity contribution in [2.75, 3.05) is 0 Å². The van der Waals surface area contributed by atoms with Gasteiger partial charge in [0.05, 0.1) is 5.92 Å². The maximum absolute atomic E-state index is 12.9. The Bertz CT molecular complexity index is 312. The van der Waals surface area contributed by atoms with Gasteiger partial charge in [-0.05, 0) is 18.9 Å². The zero-order valence-corrected chi connectivity index (χ0v) is 8.36. The molecule has 0 N–H and O–H groups in total. The topological polar surface area (TPSA) is 0 Å². The van der Waals surface area contributed by atoms with Gasteiger partial charge in [0.25, 0.3) is 6.43 Å². The fourth-order valence-corrected chi connectivity index (χ4v) is 1.59. The normalized spacial score (nSPS) is 24.1. The van der Waals surface area contributed by atoms with Gasteiger partial charge in [-0.3, -0.25) is 0 Å². The van der Waals surface area contributed by atoms with Gasteiger partial charge in [0.1, 0.15) is 0 Å². The Morgan fingerprint density at radius 1 is 1.25 bits per heavy atom. The third kappa shape index (κ3) is 3.02. The smallest absolute Gasteiger partial charge is 0.236 e. The summed E-state index contributed by atoms with van der Waals surface area (Å²) >= 11 is 0. The van der Waals surface area contributed by atoms with E-state index in [1.807, 2.05) is 0 Å². The summed E-state index contributed by atoms with van der Waals surface area (Å²) in [6.45, 7) is 1.33. The molecule has 1 rings (SSSR count). The second kappa shape index (κ2) is 4.51. The Balaban J connectivity index is 2.88. The van der Waals surface area contributed by atoms with Crippen LogP contribution in [-0.2, 0) is 0 Å². The SMILES string of the molecule is CC1=CC(C(F)(F)F)CC(C(F)C(F)F)=C1. The lowest BCUT2D eigenvalue weighted by atomic mass is 9.88. The van der Waals surface area contributed by atoms with E-state index in [4.69, 9.17) is 0 Å². The summed E-state index contributed by atoms with van der Waals surface area (Å²) in [6, 6.07) is 0. The molecular weight excluding hydrogens is 234 g/mol. The Labute approximate surface area is 88.6 Å². The second-order valence-corrected chi connectivity index (χ2v) is 3.72. The number of rotatable bonds is 2. The molecule has 2 atom stereocenters. The summed E-state index contributed by atoms with van der Waals surface area (Å²) in [5.74, 6) is -1.87. The first kappa shape index (κ1) is 13.1. The highest BCUT2D eigenvalue weighted by atomic mass is 19.4. The van der Waals surface area contributed by atoms with Crippen LogP contribution in [0.15, 0.2) is 23.3 Å². The molecule has 0 fully saturated rings. The molecule has 0 radical (unpaired) electrons. The fourth-order valence-electron chi connectivity index (χ4n) is 1.59. The number of hydrogen-bond donors (Lipinski definition) is 0. The molecule has 6 heteroatoms. The number of alkyl halides is 6. The highest BCUT2D eigenvalue weighted by Crippen LogP contribution is 2.38. The Hall–Kier alpha value is -0.940. The zero-order valence-electron chi connectivity index (χ0n) is 8.36. The molecule has 0 aliphatic heterocycles. The molecule has 92 valence electrons. The summed E-state index contributed by atoms with van der Waals surface area (Å²) in [5.41, 5.74) is -0.329. The zero-order chi connectivity index (χ0) is 12.5. The quantitative estimate of drug-likeness (QED) is 0.643. The van der Waals surface area contributed by atoms with E-state index >= 15 is 0 Å². The summed E-state index contributed by atoms with van der Waals surface area (Å²) < 4.78 is 74.1. The molecular formula is C10H10F6. The summed E-state index contributed by atoms with van der Waals surface area (Å²) in [6.07, 6.45) is -9.19. The molecule has 0 bridgehead atoms. The monoisotopic (exact) mass is 244 g/mol. The van der Waals surface area contributed by atoms with Crippen molar-refractivity contribution >= 4 is 0 Å². The minimum Gasteiger partial charge on any atom is -0.236 e. The van der Waals surface area contributed by atoms with Gasteiger partial charge >= 0.3 is 6.18 Å². The molecule has 0 heterocycles. The molecule has 0 nitrogen and oxygen atoms in total. The maximum Gasteiger partial charge on any atom is 0.395 e. The van der Waals surface area contributed by atoms with Gasteiger partial charge in [-0.15, -0.1) is 0 Å². The minimum absolute atomic E-state index is 0.159. The van der Waals surface area contributed by atoms with Crippen LogP contribution in [0.1, 0.15) is 13.3 Å². The Morgan fingerprint density at radius 2 is 1.81 bits per heavy atom. The van der Waals surface area contributed by atoms with Crippen LogP contribution in [0.4, 0.5) is 26.3 Å². The number of hydrogen-bond acceptors (Lipinski definition) is 0. The fraction of sp³-hybridized carbons (Fsp3) is 0.600. The molecule has 0 aromatic heterocycles. The molecule has 0 amide bonds. The van der Waals surface area contributed by atoms with Gasteiger partial charge in [-0.2, -0.15) is 13.2 Å². The highest BCUT2D eigenvalue weighted by molar-refractivity contribution is 5.31. The van der Waals surface area contributed by atoms with Crippen LogP contribution in [0, 0.1) is 5.92 Å². The van der Waals surface area contributed by atoms with Gasteiger partial charge in [-0.1, -0.05) is 17.7 Å². The molecule has 1 aliphatic rings. The standard InChI is InChI=1S/C10H10F6/c1-5-2-6(8(11)9(12)13)4-7(3-5)10(14,15)16/h2-3,7-9H,4H2,1H3.